The Balaban J connectivity index is 0.000000488. The molecule has 3 heterocycles. The Bertz CT molecular complexity index is 1500. The Morgan fingerprint density at radius 2 is 2.02 bits per heavy atom. The van der Waals surface area contributed by atoms with Crippen molar-refractivity contribution < 1.29 is 28.3 Å². The van der Waals surface area contributed by atoms with Crippen LogP contribution < -0.4 is 20.9 Å². The number of nitrogens with one attached hydrogen (secondary N) is 1. The highest BCUT2D eigenvalue weighted by Gasteiger charge is 2.27. The first-order valence-electron chi connectivity index (χ1n) is 14.6. The Morgan fingerprint density at radius 1 is 1.23 bits per heavy atom. The maximum absolute atomic E-state index is 14.9. The van der Waals surface area contributed by atoms with Crippen molar-refractivity contribution in [2.24, 2.45) is 11.7 Å². The number of piperidine rings is 1. The van der Waals surface area contributed by atoms with Gasteiger partial charge in [0, 0.05) is 48.5 Å². The number of rotatable bonds is 10. The van der Waals surface area contributed by atoms with Crippen molar-refractivity contribution in [3.8, 4) is 11.8 Å². The van der Waals surface area contributed by atoms with Gasteiger partial charge in [0.15, 0.2) is 5.78 Å². The van der Waals surface area contributed by atoms with Gasteiger partial charge >= 0.3 is 0 Å². The van der Waals surface area contributed by atoms with Crippen LogP contribution in [0.1, 0.15) is 77.9 Å². The van der Waals surface area contributed by atoms with Crippen LogP contribution in [0.5, 0.6) is 5.75 Å². The van der Waals surface area contributed by atoms with E-state index in [0.29, 0.717) is 74.3 Å². The van der Waals surface area contributed by atoms with Crippen LogP contribution in [0.2, 0.25) is 0 Å². The van der Waals surface area contributed by atoms with Gasteiger partial charge in [-0.25, -0.2) is 9.37 Å². The molecule has 230 valence electrons. The molecule has 0 saturated carbocycles. The summed E-state index contributed by atoms with van der Waals surface area (Å²) in [5.41, 5.74) is 11.8. The molecular weight excluding hydrogens is 565 g/mol. The minimum Gasteiger partial charge on any atom is -0.488 e. The third kappa shape index (κ3) is 8.46. The third-order valence-corrected chi connectivity index (χ3v) is 7.68. The second kappa shape index (κ2) is 15.7. The van der Waals surface area contributed by atoms with Gasteiger partial charge in [-0.1, -0.05) is 24.3 Å². The molecule has 1 amide bonds. The predicted octanol–water partition coefficient (Wildman–Crippen LogP) is 4.71. The van der Waals surface area contributed by atoms with Gasteiger partial charge in [-0.3, -0.25) is 14.4 Å². The van der Waals surface area contributed by atoms with Gasteiger partial charge in [0.1, 0.15) is 42.3 Å². The molecule has 1 atom stereocenters. The van der Waals surface area contributed by atoms with Crippen LogP contribution in [-0.4, -0.2) is 36.1 Å². The molecule has 10 nitrogen and oxygen atoms in total. The number of fused-ring (bicyclic) bond motifs is 1. The van der Waals surface area contributed by atoms with Crippen LogP contribution in [0, 0.1) is 23.1 Å². The van der Waals surface area contributed by atoms with E-state index in [4.69, 9.17) is 20.6 Å². The molecule has 1 unspecified atom stereocenters. The number of hydrogen-bond acceptors (Lipinski definition) is 9. The summed E-state index contributed by atoms with van der Waals surface area (Å²) in [6, 6.07) is 16.0. The molecule has 2 aliphatic rings. The van der Waals surface area contributed by atoms with Crippen LogP contribution >= 0.6 is 0 Å². The monoisotopic (exact) mass is 601 g/mol. The topological polar surface area (TPSA) is 148 Å². The number of carbonyl (C=O) groups is 3. The first-order chi connectivity index (χ1) is 21.3. The van der Waals surface area contributed by atoms with Gasteiger partial charge in [0.2, 0.25) is 5.91 Å². The highest BCUT2D eigenvalue weighted by Crippen LogP contribution is 2.32. The molecule has 3 N–H and O–H groups in total. The molecule has 0 bridgehead atoms. The minimum atomic E-state index is -0.443. The molecular formula is C33H36FN5O5. The number of ketones is 1. The zero-order valence-electron chi connectivity index (χ0n) is 24.6. The van der Waals surface area contributed by atoms with Crippen LogP contribution in [0.15, 0.2) is 54.7 Å². The van der Waals surface area contributed by atoms with E-state index in [1.807, 2.05) is 37.3 Å². The number of hydrogen-bond donors (Lipinski definition) is 2. The summed E-state index contributed by atoms with van der Waals surface area (Å²) in [5.74, 6) is -0.273. The van der Waals surface area contributed by atoms with E-state index in [1.165, 1.54) is 6.07 Å². The number of Topliss-reactive ketones (excluding diaryl/α,β-unsaturated/α-hetero) is 1. The summed E-state index contributed by atoms with van der Waals surface area (Å²) in [6.45, 7) is 3.96. The van der Waals surface area contributed by atoms with Gasteiger partial charge in [-0.2, -0.15) is 10.7 Å². The number of nitrogens with two attached hydrogens (primary N) is 1. The molecule has 2 aromatic carbocycles. The number of aromatic nitrogens is 1. The van der Waals surface area contributed by atoms with E-state index in [-0.39, 0.29) is 30.3 Å². The Morgan fingerprint density at radius 3 is 2.68 bits per heavy atom. The summed E-state index contributed by atoms with van der Waals surface area (Å²) in [5, 5.41) is 8.91. The number of nitrogens with zero attached hydrogens (tertiary/aromatic N) is 3. The van der Waals surface area contributed by atoms with E-state index in [0.717, 1.165) is 23.1 Å². The number of aldehydes is 1. The summed E-state index contributed by atoms with van der Waals surface area (Å²) < 4.78 is 20.9. The molecule has 1 fully saturated rings. The third-order valence-electron chi connectivity index (χ3n) is 7.68. The number of halogens is 1. The number of nitriles is 1. The zero-order chi connectivity index (χ0) is 31.5. The molecule has 11 heteroatoms. The van der Waals surface area contributed by atoms with Crippen molar-refractivity contribution in [2.45, 2.75) is 58.3 Å². The molecule has 2 aliphatic heterocycles. The minimum absolute atomic E-state index is 0.0313. The summed E-state index contributed by atoms with van der Waals surface area (Å²) in [7, 11) is 0. The fourth-order valence-electron chi connectivity index (χ4n) is 5.20. The Labute approximate surface area is 255 Å². The first kappa shape index (κ1) is 32.3. The quantitative estimate of drug-likeness (QED) is 0.192. The Hall–Kier alpha value is -4.66. The van der Waals surface area contributed by atoms with Crippen LogP contribution in [0.3, 0.4) is 0 Å². The largest absolute Gasteiger partial charge is 0.488 e. The first-order valence-corrected chi connectivity index (χ1v) is 14.6. The molecule has 44 heavy (non-hydrogen) atoms. The van der Waals surface area contributed by atoms with E-state index < -0.39 is 5.82 Å². The highest BCUT2D eigenvalue weighted by molar-refractivity contribution is 5.98. The fourth-order valence-corrected chi connectivity index (χ4v) is 5.20. The average molecular weight is 602 g/mol. The fraction of sp³-hybridized carbons (Fsp3) is 0.364. The number of primary amides is 1. The number of ether oxygens (including phenoxy) is 1. The molecule has 0 spiro atoms. The Kier molecular flexibility index (Phi) is 11.5. The van der Waals surface area contributed by atoms with E-state index >= 15 is 0 Å². The number of amides is 1. The average Bonchev–Trinajstić information content (AvgIpc) is 3.04. The second-order valence-electron chi connectivity index (χ2n) is 10.7. The normalized spacial score (nSPS) is 16.1. The molecule has 0 radical (unpaired) electrons. The smallest absolute Gasteiger partial charge is 0.217 e. The maximum Gasteiger partial charge on any atom is 0.217 e. The lowest BCUT2D eigenvalue weighted by molar-refractivity contribution is -0.118. The molecule has 5 rings (SSSR count). The molecule has 0 aliphatic carbocycles. The zero-order valence-corrected chi connectivity index (χ0v) is 24.6. The van der Waals surface area contributed by atoms with Crippen molar-refractivity contribution in [1.29, 1.82) is 5.26 Å². The standard InChI is InChI=1S/C28H27FN4O3.C5H9NO2/c1-18-24-3-2-4-27(25(24)16-32-36-18)35-17-21-6-5-20(13-26(21)29)28(34)19-9-11-33(12-10-19)23-8-7-22(14-30)31-15-23;6-5(8)3-1-2-4-7/h2-8,13,15,18-19,32H,9-12,16-17H2,1H3;4H,1-3H2,(H2,6,8). The number of unbranched alkanes of at least 4 members (excludes halogenated alkanes) is 1. The summed E-state index contributed by atoms with van der Waals surface area (Å²) >= 11 is 0. The molecule has 1 saturated heterocycles. The summed E-state index contributed by atoms with van der Waals surface area (Å²) in [6.07, 6.45) is 5.07. The molecule has 1 aromatic heterocycles. The molecule has 3 aromatic rings. The lowest BCUT2D eigenvalue weighted by Crippen LogP contribution is -2.36. The van der Waals surface area contributed by atoms with Gasteiger partial charge in [-0.15, -0.1) is 0 Å². The lowest BCUT2D eigenvalue weighted by Gasteiger charge is -2.32. The number of benzene rings is 2. The second-order valence-corrected chi connectivity index (χ2v) is 10.7. The van der Waals surface area contributed by atoms with Crippen LogP contribution in [0.25, 0.3) is 0 Å². The van der Waals surface area contributed by atoms with Gasteiger partial charge < -0.3 is 20.2 Å². The van der Waals surface area contributed by atoms with Gasteiger partial charge in [0.25, 0.3) is 0 Å². The summed E-state index contributed by atoms with van der Waals surface area (Å²) in [4.78, 5) is 44.4. The number of anilines is 1. The van der Waals surface area contributed by atoms with E-state index in [9.17, 15) is 18.8 Å². The SMILES string of the molecule is CC1ONCc2c(OCc3ccc(C(=O)C4CCN(c5ccc(C#N)nc5)CC4)cc3F)cccc21.NC(=O)CCCC=O. The lowest BCUT2D eigenvalue weighted by atomic mass is 9.88. The predicted molar refractivity (Wildman–Crippen MR) is 161 cm³/mol. The van der Waals surface area contributed by atoms with Crippen LogP contribution in [0.4, 0.5) is 10.1 Å². The number of carbonyl (C=O) groups excluding carboxylic acids is 3. The van der Waals surface area contributed by atoms with E-state index in [1.54, 1.807) is 24.4 Å². The van der Waals surface area contributed by atoms with E-state index in [2.05, 4.69) is 15.4 Å². The highest BCUT2D eigenvalue weighted by atomic mass is 19.1. The van der Waals surface area contributed by atoms with Crippen molar-refractivity contribution in [1.82, 2.24) is 10.5 Å². The van der Waals surface area contributed by atoms with Crippen molar-refractivity contribution in [3.63, 3.8) is 0 Å². The number of pyridine rings is 1. The van der Waals surface area contributed by atoms with Gasteiger partial charge in [0.05, 0.1) is 18.4 Å². The number of hydroxylamine groups is 1. The van der Waals surface area contributed by atoms with Crippen molar-refractivity contribution >= 4 is 23.7 Å². The maximum atomic E-state index is 14.9. The van der Waals surface area contributed by atoms with Crippen LogP contribution in [-0.2, 0) is 27.6 Å². The van der Waals surface area contributed by atoms with Crippen molar-refractivity contribution in [3.05, 3.63) is 88.5 Å². The van der Waals surface area contributed by atoms with Crippen molar-refractivity contribution in [2.75, 3.05) is 18.0 Å². The van der Waals surface area contributed by atoms with Gasteiger partial charge in [-0.05, 0) is 56.0 Å².